The van der Waals surface area contributed by atoms with Crippen molar-refractivity contribution in [2.24, 2.45) is 0 Å². The summed E-state index contributed by atoms with van der Waals surface area (Å²) in [5.41, 5.74) is 7.56. The van der Waals surface area contributed by atoms with E-state index in [-0.39, 0.29) is 5.82 Å². The quantitative estimate of drug-likeness (QED) is 0.789. The number of hydrogen-bond acceptors (Lipinski definition) is 3. The summed E-state index contributed by atoms with van der Waals surface area (Å²) in [5, 5.41) is 0. The second-order valence-electron chi connectivity index (χ2n) is 5.58. The van der Waals surface area contributed by atoms with Gasteiger partial charge in [0, 0.05) is 5.41 Å². The van der Waals surface area contributed by atoms with Gasteiger partial charge in [0.25, 0.3) is 0 Å². The first-order valence-corrected chi connectivity index (χ1v) is 8.02. The molecule has 1 heterocycles. The average molecular weight is 399 g/mol. The van der Waals surface area contributed by atoms with Gasteiger partial charge in [0.1, 0.15) is 17.5 Å². The maximum atomic E-state index is 13.1. The molecule has 0 amide bonds. The van der Waals surface area contributed by atoms with Gasteiger partial charge < -0.3 is 5.73 Å². The van der Waals surface area contributed by atoms with E-state index in [1.165, 1.54) is 12.1 Å². The molecule has 3 nitrogen and oxygen atoms in total. The van der Waals surface area contributed by atoms with Gasteiger partial charge in [-0.3, -0.25) is 0 Å². The molecular formula is C16H19FIN3. The maximum absolute atomic E-state index is 13.1. The lowest BCUT2D eigenvalue weighted by molar-refractivity contribution is 0.578. The minimum absolute atomic E-state index is 0.246. The van der Waals surface area contributed by atoms with Crippen molar-refractivity contribution < 1.29 is 4.39 Å². The highest BCUT2D eigenvalue weighted by molar-refractivity contribution is 14.1. The van der Waals surface area contributed by atoms with Crippen LogP contribution < -0.4 is 5.73 Å². The molecule has 0 saturated carbocycles. The monoisotopic (exact) mass is 399 g/mol. The number of halogens is 2. The Morgan fingerprint density at radius 3 is 2.38 bits per heavy atom. The van der Waals surface area contributed by atoms with Crippen LogP contribution in [-0.2, 0) is 11.8 Å². The van der Waals surface area contributed by atoms with Crippen molar-refractivity contribution in [3.8, 4) is 0 Å². The summed E-state index contributed by atoms with van der Waals surface area (Å²) < 4.78 is 14.0. The van der Waals surface area contributed by atoms with Crippen LogP contribution in [0.2, 0.25) is 0 Å². The van der Waals surface area contributed by atoms with Crippen molar-refractivity contribution in [2.45, 2.75) is 39.0 Å². The lowest BCUT2D eigenvalue weighted by atomic mass is 9.83. The van der Waals surface area contributed by atoms with Gasteiger partial charge in [-0.1, -0.05) is 25.5 Å². The Morgan fingerprint density at radius 2 is 1.81 bits per heavy atom. The second-order valence-corrected chi connectivity index (χ2v) is 6.65. The molecule has 0 spiro atoms. The molecule has 0 aliphatic rings. The van der Waals surface area contributed by atoms with Gasteiger partial charge in [-0.25, -0.2) is 14.4 Å². The topological polar surface area (TPSA) is 51.8 Å². The Kier molecular flexibility index (Phi) is 4.81. The van der Waals surface area contributed by atoms with Crippen LogP contribution in [0.15, 0.2) is 24.3 Å². The first-order chi connectivity index (χ1) is 9.86. The summed E-state index contributed by atoms with van der Waals surface area (Å²) >= 11 is 2.19. The molecule has 0 unspecified atom stereocenters. The van der Waals surface area contributed by atoms with Crippen molar-refractivity contribution in [1.82, 2.24) is 9.97 Å². The standard InChI is InChI=1S/C16H19FIN3/c1-4-5-12-13(18)14(19)21-15(20-12)16(2,3)10-6-8-11(17)9-7-10/h6-9H,4-5H2,1-3H3,(H2,19,20,21). The molecular weight excluding hydrogens is 380 g/mol. The molecule has 2 rings (SSSR count). The zero-order valence-corrected chi connectivity index (χ0v) is 14.6. The summed E-state index contributed by atoms with van der Waals surface area (Å²) in [6.07, 6.45) is 1.88. The fraction of sp³-hybridized carbons (Fsp3) is 0.375. The molecule has 0 bridgehead atoms. The molecule has 5 heteroatoms. The van der Waals surface area contributed by atoms with Gasteiger partial charge >= 0.3 is 0 Å². The smallest absolute Gasteiger partial charge is 0.141 e. The molecule has 0 atom stereocenters. The number of benzene rings is 1. The van der Waals surface area contributed by atoms with Crippen molar-refractivity contribution in [1.29, 1.82) is 0 Å². The van der Waals surface area contributed by atoms with Crippen LogP contribution in [-0.4, -0.2) is 9.97 Å². The number of aryl methyl sites for hydroxylation is 1. The molecule has 2 N–H and O–H groups in total. The van der Waals surface area contributed by atoms with Gasteiger partial charge in [0.15, 0.2) is 0 Å². The number of hydrogen-bond donors (Lipinski definition) is 1. The third-order valence-electron chi connectivity index (χ3n) is 3.56. The molecule has 0 radical (unpaired) electrons. The Balaban J connectivity index is 2.51. The molecule has 1 aromatic carbocycles. The summed E-state index contributed by atoms with van der Waals surface area (Å²) in [6, 6.07) is 6.46. The van der Waals surface area contributed by atoms with Crippen LogP contribution >= 0.6 is 22.6 Å². The first kappa shape index (κ1) is 16.1. The Bertz CT molecular complexity index is 639. The third-order valence-corrected chi connectivity index (χ3v) is 4.73. The van der Waals surface area contributed by atoms with Crippen LogP contribution in [0, 0.1) is 9.39 Å². The fourth-order valence-corrected chi connectivity index (χ4v) is 2.70. The Hall–Kier alpha value is -1.24. The fourth-order valence-electron chi connectivity index (χ4n) is 2.19. The Labute approximate surface area is 138 Å². The first-order valence-electron chi connectivity index (χ1n) is 6.94. The molecule has 21 heavy (non-hydrogen) atoms. The van der Waals surface area contributed by atoms with E-state index in [1.807, 2.05) is 13.8 Å². The number of anilines is 1. The van der Waals surface area contributed by atoms with E-state index in [1.54, 1.807) is 12.1 Å². The van der Waals surface area contributed by atoms with E-state index in [4.69, 9.17) is 10.7 Å². The van der Waals surface area contributed by atoms with E-state index >= 15 is 0 Å². The molecule has 0 saturated heterocycles. The molecule has 112 valence electrons. The SMILES string of the molecule is CCCc1nc(C(C)(C)c2ccc(F)cc2)nc(N)c1I. The maximum Gasteiger partial charge on any atom is 0.141 e. The highest BCUT2D eigenvalue weighted by atomic mass is 127. The number of nitrogen functional groups attached to an aromatic ring is 1. The Morgan fingerprint density at radius 1 is 1.19 bits per heavy atom. The summed E-state index contributed by atoms with van der Waals surface area (Å²) in [7, 11) is 0. The number of nitrogens with zero attached hydrogens (tertiary/aromatic N) is 2. The zero-order chi connectivity index (χ0) is 15.6. The molecule has 2 aromatic rings. The van der Waals surface area contributed by atoms with Crippen LogP contribution in [0.1, 0.15) is 44.3 Å². The second kappa shape index (κ2) is 6.25. The van der Waals surface area contributed by atoms with E-state index < -0.39 is 5.41 Å². The van der Waals surface area contributed by atoms with Crippen molar-refractivity contribution in [2.75, 3.05) is 5.73 Å². The van der Waals surface area contributed by atoms with Crippen LogP contribution in [0.5, 0.6) is 0 Å². The van der Waals surface area contributed by atoms with Crippen LogP contribution in [0.3, 0.4) is 0 Å². The van der Waals surface area contributed by atoms with Gasteiger partial charge in [0.05, 0.1) is 9.26 Å². The van der Waals surface area contributed by atoms with Crippen LogP contribution in [0.4, 0.5) is 10.2 Å². The predicted octanol–water partition coefficient (Wildman–Crippen LogP) is 4.08. The lowest BCUT2D eigenvalue weighted by Gasteiger charge is -2.25. The third kappa shape index (κ3) is 3.33. The summed E-state index contributed by atoms with van der Waals surface area (Å²) in [5.74, 6) is 0.943. The van der Waals surface area contributed by atoms with Crippen molar-refractivity contribution >= 4 is 28.4 Å². The van der Waals surface area contributed by atoms with E-state index in [2.05, 4.69) is 34.5 Å². The highest BCUT2D eigenvalue weighted by Crippen LogP contribution is 2.31. The molecule has 1 aromatic heterocycles. The van der Waals surface area contributed by atoms with Crippen LogP contribution in [0.25, 0.3) is 0 Å². The van der Waals surface area contributed by atoms with Gasteiger partial charge in [-0.15, -0.1) is 0 Å². The minimum atomic E-state index is -0.422. The lowest BCUT2D eigenvalue weighted by Crippen LogP contribution is -2.24. The number of nitrogens with two attached hydrogens (primary N) is 1. The molecule has 0 fully saturated rings. The molecule has 0 aliphatic carbocycles. The van der Waals surface area contributed by atoms with Gasteiger partial charge in [-0.05, 0) is 60.6 Å². The highest BCUT2D eigenvalue weighted by Gasteiger charge is 2.28. The molecule has 0 aliphatic heterocycles. The summed E-state index contributed by atoms with van der Waals surface area (Å²) in [4.78, 5) is 9.15. The minimum Gasteiger partial charge on any atom is -0.383 e. The van der Waals surface area contributed by atoms with Crippen molar-refractivity contribution in [3.05, 3.63) is 50.7 Å². The van der Waals surface area contributed by atoms with E-state index in [9.17, 15) is 4.39 Å². The number of rotatable bonds is 4. The summed E-state index contributed by atoms with van der Waals surface area (Å²) in [6.45, 7) is 6.16. The largest absolute Gasteiger partial charge is 0.383 e. The van der Waals surface area contributed by atoms with Crippen molar-refractivity contribution in [3.63, 3.8) is 0 Å². The number of aromatic nitrogens is 2. The van der Waals surface area contributed by atoms with Gasteiger partial charge in [0.2, 0.25) is 0 Å². The van der Waals surface area contributed by atoms with E-state index in [0.29, 0.717) is 11.6 Å². The predicted molar refractivity (Wildman–Crippen MR) is 91.7 cm³/mol. The van der Waals surface area contributed by atoms with E-state index in [0.717, 1.165) is 27.7 Å². The zero-order valence-electron chi connectivity index (χ0n) is 12.5. The normalized spacial score (nSPS) is 11.7. The van der Waals surface area contributed by atoms with Gasteiger partial charge in [-0.2, -0.15) is 0 Å². The average Bonchev–Trinajstić information content (AvgIpc) is 2.44.